The smallest absolute Gasteiger partial charge is 0.408 e. The van der Waals surface area contributed by atoms with Crippen LogP contribution in [-0.2, 0) is 27.2 Å². The zero-order valence-corrected chi connectivity index (χ0v) is 14.2. The van der Waals surface area contributed by atoms with Crippen molar-refractivity contribution in [1.82, 2.24) is 15.1 Å². The Bertz CT molecular complexity index is 574. The number of hydrogen-bond donors (Lipinski definition) is 1. The Labute approximate surface area is 136 Å². The summed E-state index contributed by atoms with van der Waals surface area (Å²) in [7, 11) is 0. The van der Waals surface area contributed by atoms with E-state index in [1.165, 1.54) is 0 Å². The van der Waals surface area contributed by atoms with Crippen LogP contribution in [0.5, 0.6) is 0 Å². The van der Waals surface area contributed by atoms with E-state index in [4.69, 9.17) is 9.47 Å². The van der Waals surface area contributed by atoms with Crippen LogP contribution in [0.1, 0.15) is 57.8 Å². The summed E-state index contributed by atoms with van der Waals surface area (Å²) in [5.74, 6) is -0.333. The van der Waals surface area contributed by atoms with Crippen molar-refractivity contribution in [2.75, 3.05) is 6.61 Å². The number of esters is 1. The van der Waals surface area contributed by atoms with Crippen LogP contribution in [0.2, 0.25) is 0 Å². The summed E-state index contributed by atoms with van der Waals surface area (Å²) >= 11 is 0. The molecule has 1 amide bonds. The molecule has 23 heavy (non-hydrogen) atoms. The number of nitrogens with one attached hydrogen (secondary N) is 1. The Kier molecular flexibility index (Phi) is 5.28. The van der Waals surface area contributed by atoms with Gasteiger partial charge in [-0.3, -0.25) is 9.48 Å². The van der Waals surface area contributed by atoms with Crippen molar-refractivity contribution in [3.63, 3.8) is 0 Å². The standard InChI is InChI=1S/C16H25N3O4/c1-5-22-13(20)10-19-14-11(9-17-19)7-6-8-12(14)18-15(21)23-16(2,3)4/h9,12H,5-8,10H2,1-4H3,(H,18,21)/t12-/m0/s1. The minimum Gasteiger partial charge on any atom is -0.465 e. The van der Waals surface area contributed by atoms with Crippen molar-refractivity contribution in [3.8, 4) is 0 Å². The van der Waals surface area contributed by atoms with Crippen molar-refractivity contribution in [2.24, 2.45) is 0 Å². The molecule has 1 aliphatic rings. The summed E-state index contributed by atoms with van der Waals surface area (Å²) in [6.07, 6.45) is 3.95. The molecule has 0 spiro atoms. The molecule has 0 saturated carbocycles. The molecule has 0 fully saturated rings. The highest BCUT2D eigenvalue weighted by Crippen LogP contribution is 2.30. The van der Waals surface area contributed by atoms with E-state index in [1.807, 2.05) is 20.8 Å². The number of hydrogen-bond acceptors (Lipinski definition) is 5. The van der Waals surface area contributed by atoms with E-state index in [-0.39, 0.29) is 18.6 Å². The largest absolute Gasteiger partial charge is 0.465 e. The van der Waals surface area contributed by atoms with Crippen LogP contribution in [-0.4, -0.2) is 34.1 Å². The SMILES string of the molecule is CCOC(=O)Cn1ncc2c1[C@@H](NC(=O)OC(C)(C)C)CCC2. The summed E-state index contributed by atoms with van der Waals surface area (Å²) in [4.78, 5) is 23.8. The second kappa shape index (κ2) is 7.02. The Morgan fingerprint density at radius 1 is 1.43 bits per heavy atom. The van der Waals surface area contributed by atoms with Crippen LogP contribution in [0.3, 0.4) is 0 Å². The van der Waals surface area contributed by atoms with Gasteiger partial charge in [-0.1, -0.05) is 0 Å². The van der Waals surface area contributed by atoms with E-state index in [0.717, 1.165) is 30.5 Å². The lowest BCUT2D eigenvalue weighted by Crippen LogP contribution is -2.37. The summed E-state index contributed by atoms with van der Waals surface area (Å²) in [5.41, 5.74) is 1.38. The maximum Gasteiger partial charge on any atom is 0.408 e. The summed E-state index contributed by atoms with van der Waals surface area (Å²) in [6, 6.07) is -0.203. The Morgan fingerprint density at radius 2 is 2.17 bits per heavy atom. The Hall–Kier alpha value is -2.05. The topological polar surface area (TPSA) is 82.5 Å². The van der Waals surface area contributed by atoms with E-state index in [0.29, 0.717) is 6.61 Å². The number of fused-ring (bicyclic) bond motifs is 1. The number of carbonyl (C=O) groups excluding carboxylic acids is 2. The van der Waals surface area contributed by atoms with Crippen LogP contribution >= 0.6 is 0 Å². The summed E-state index contributed by atoms with van der Waals surface area (Å²) in [5, 5.41) is 7.17. The van der Waals surface area contributed by atoms with Crippen molar-refractivity contribution >= 4 is 12.1 Å². The highest BCUT2D eigenvalue weighted by atomic mass is 16.6. The quantitative estimate of drug-likeness (QED) is 0.860. The maximum atomic E-state index is 12.0. The van der Waals surface area contributed by atoms with Gasteiger partial charge in [0.15, 0.2) is 0 Å². The van der Waals surface area contributed by atoms with Crippen LogP contribution in [0, 0.1) is 0 Å². The van der Waals surface area contributed by atoms with Crippen LogP contribution in [0.25, 0.3) is 0 Å². The monoisotopic (exact) mass is 323 g/mol. The number of carbonyl (C=O) groups is 2. The van der Waals surface area contributed by atoms with E-state index >= 15 is 0 Å². The van der Waals surface area contributed by atoms with Gasteiger partial charge in [-0.25, -0.2) is 4.79 Å². The fraction of sp³-hybridized carbons (Fsp3) is 0.688. The highest BCUT2D eigenvalue weighted by molar-refractivity contribution is 5.70. The van der Waals surface area contributed by atoms with E-state index < -0.39 is 11.7 Å². The van der Waals surface area contributed by atoms with Crippen LogP contribution in [0.15, 0.2) is 6.20 Å². The van der Waals surface area contributed by atoms with E-state index in [1.54, 1.807) is 17.8 Å². The first-order valence-electron chi connectivity index (χ1n) is 8.00. The molecule has 0 bridgehead atoms. The molecule has 0 unspecified atom stereocenters. The molecule has 0 aromatic carbocycles. The Balaban J connectivity index is 2.12. The molecule has 1 aliphatic carbocycles. The van der Waals surface area contributed by atoms with Crippen molar-refractivity contribution in [2.45, 2.75) is 65.1 Å². The van der Waals surface area contributed by atoms with Gasteiger partial charge in [0.25, 0.3) is 0 Å². The molecular weight excluding hydrogens is 298 g/mol. The van der Waals surface area contributed by atoms with Gasteiger partial charge in [-0.2, -0.15) is 5.10 Å². The molecule has 1 aromatic rings. The molecule has 1 aromatic heterocycles. The molecule has 7 heteroatoms. The van der Waals surface area contributed by atoms with Crippen molar-refractivity contribution < 1.29 is 19.1 Å². The number of ether oxygens (including phenoxy) is 2. The van der Waals surface area contributed by atoms with Crippen molar-refractivity contribution in [1.29, 1.82) is 0 Å². The Morgan fingerprint density at radius 3 is 2.83 bits per heavy atom. The number of nitrogens with zero attached hydrogens (tertiary/aromatic N) is 2. The molecule has 1 atom stereocenters. The molecule has 1 heterocycles. The first kappa shape index (κ1) is 17.3. The van der Waals surface area contributed by atoms with Gasteiger partial charge >= 0.3 is 12.1 Å². The maximum absolute atomic E-state index is 12.0. The molecule has 2 rings (SSSR count). The third-order valence-electron chi connectivity index (χ3n) is 3.50. The molecule has 1 N–H and O–H groups in total. The second-order valence-electron chi connectivity index (χ2n) is 6.61. The lowest BCUT2D eigenvalue weighted by Gasteiger charge is -2.27. The number of rotatable bonds is 4. The average Bonchev–Trinajstić information content (AvgIpc) is 2.81. The van der Waals surface area contributed by atoms with Gasteiger partial charge in [0.1, 0.15) is 12.1 Å². The van der Waals surface area contributed by atoms with Gasteiger partial charge < -0.3 is 14.8 Å². The van der Waals surface area contributed by atoms with Crippen molar-refractivity contribution in [3.05, 3.63) is 17.5 Å². The molecular formula is C16H25N3O4. The number of amides is 1. The molecule has 0 saturated heterocycles. The predicted octanol–water partition coefficient (Wildman–Crippen LogP) is 2.35. The minimum atomic E-state index is -0.549. The normalized spacial score (nSPS) is 17.3. The number of aromatic nitrogens is 2. The van der Waals surface area contributed by atoms with E-state index in [2.05, 4.69) is 10.4 Å². The zero-order valence-electron chi connectivity index (χ0n) is 14.2. The lowest BCUT2D eigenvalue weighted by molar-refractivity contribution is -0.144. The third kappa shape index (κ3) is 4.71. The fourth-order valence-corrected chi connectivity index (χ4v) is 2.71. The molecule has 0 aliphatic heterocycles. The second-order valence-corrected chi connectivity index (χ2v) is 6.61. The number of alkyl carbamates (subject to hydrolysis) is 1. The van der Waals surface area contributed by atoms with Gasteiger partial charge in [0.2, 0.25) is 0 Å². The minimum absolute atomic E-state index is 0.0513. The third-order valence-corrected chi connectivity index (χ3v) is 3.50. The fourth-order valence-electron chi connectivity index (χ4n) is 2.71. The molecule has 7 nitrogen and oxygen atoms in total. The number of aryl methyl sites for hydroxylation is 1. The molecule has 0 radical (unpaired) electrons. The van der Waals surface area contributed by atoms with E-state index in [9.17, 15) is 9.59 Å². The summed E-state index contributed by atoms with van der Waals surface area (Å²) < 4.78 is 11.9. The first-order chi connectivity index (χ1) is 10.8. The summed E-state index contributed by atoms with van der Waals surface area (Å²) in [6.45, 7) is 7.62. The molecule has 128 valence electrons. The lowest BCUT2D eigenvalue weighted by atomic mass is 9.93. The first-order valence-corrected chi connectivity index (χ1v) is 8.00. The van der Waals surface area contributed by atoms with Gasteiger partial charge in [-0.15, -0.1) is 0 Å². The van der Waals surface area contributed by atoms with Gasteiger partial charge in [0, 0.05) is 0 Å². The predicted molar refractivity (Wildman–Crippen MR) is 83.9 cm³/mol. The van der Waals surface area contributed by atoms with Crippen LogP contribution in [0.4, 0.5) is 4.79 Å². The zero-order chi connectivity index (χ0) is 17.0. The van der Waals surface area contributed by atoms with Gasteiger partial charge in [0.05, 0.1) is 24.5 Å². The van der Waals surface area contributed by atoms with Gasteiger partial charge in [-0.05, 0) is 52.5 Å². The average molecular weight is 323 g/mol. The highest BCUT2D eigenvalue weighted by Gasteiger charge is 2.28. The van der Waals surface area contributed by atoms with Crippen LogP contribution < -0.4 is 5.32 Å².